The molecule has 0 aliphatic rings. The van der Waals surface area contributed by atoms with Gasteiger partial charge in [-0.05, 0) is 56.3 Å². The van der Waals surface area contributed by atoms with Crippen molar-refractivity contribution in [1.29, 1.82) is 0 Å². The van der Waals surface area contributed by atoms with Gasteiger partial charge in [-0.3, -0.25) is 4.78 Å². The van der Waals surface area contributed by atoms with E-state index >= 15 is 0 Å². The fourth-order valence-electron chi connectivity index (χ4n) is 1.97. The summed E-state index contributed by atoms with van der Waals surface area (Å²) in [6.45, 7) is 7.64. The second kappa shape index (κ2) is 8.55. The van der Waals surface area contributed by atoms with E-state index < -0.39 is 6.85 Å². The molecule has 0 bridgehead atoms. The Morgan fingerprint density at radius 3 is 2.43 bits per heavy atom. The minimum absolute atomic E-state index is 0.0769. The summed E-state index contributed by atoms with van der Waals surface area (Å²) in [5.74, 6) is 0.918. The summed E-state index contributed by atoms with van der Waals surface area (Å²) >= 11 is 5.23. The van der Waals surface area contributed by atoms with Gasteiger partial charge in [-0.1, -0.05) is 32.1 Å². The van der Waals surface area contributed by atoms with Crippen molar-refractivity contribution in [2.75, 3.05) is 13.7 Å². The van der Waals surface area contributed by atoms with E-state index in [-0.39, 0.29) is 5.60 Å². The summed E-state index contributed by atoms with van der Waals surface area (Å²) in [6, 6.07) is 8.08. The highest BCUT2D eigenvalue weighted by atomic mass is 32.4. The Kier molecular flexibility index (Phi) is 7.41. The molecule has 0 spiro atoms. The predicted octanol–water partition coefficient (Wildman–Crippen LogP) is 4.52. The van der Waals surface area contributed by atoms with Gasteiger partial charge in [0.25, 0.3) is 0 Å². The first-order valence-electron chi connectivity index (χ1n) is 7.47. The standard InChI is InChI=1S/C16H27N2OPS/c1-6-12-16(3,7-2)19-15-10-8-14(9-11-15)13-17-18(4)20(5)21/h8-11,13,20H,6-7,12H2,1-5H3/b17-13+. The number of ether oxygens (including phenoxy) is 1. The third-order valence-corrected chi connectivity index (χ3v) is 5.43. The van der Waals surface area contributed by atoms with Gasteiger partial charge < -0.3 is 4.74 Å². The monoisotopic (exact) mass is 326 g/mol. The SMILES string of the molecule is CCCC(C)(CC)Oc1ccc(/C=N/N(C)[PH](C)=S)cc1. The summed E-state index contributed by atoms with van der Waals surface area (Å²) in [5, 5.41) is 4.35. The van der Waals surface area contributed by atoms with Crippen molar-refractivity contribution in [3.8, 4) is 5.75 Å². The van der Waals surface area contributed by atoms with Crippen LogP contribution < -0.4 is 4.74 Å². The van der Waals surface area contributed by atoms with Crippen LogP contribution in [-0.2, 0) is 11.8 Å². The van der Waals surface area contributed by atoms with E-state index in [2.05, 4.69) is 25.9 Å². The lowest BCUT2D eigenvalue weighted by atomic mass is 9.97. The smallest absolute Gasteiger partial charge is 0.120 e. The second-order valence-electron chi connectivity index (χ2n) is 5.51. The van der Waals surface area contributed by atoms with Crippen LogP contribution in [0.2, 0.25) is 0 Å². The highest BCUT2D eigenvalue weighted by molar-refractivity contribution is 8.03. The zero-order chi connectivity index (χ0) is 15.9. The number of hydrazone groups is 1. The third kappa shape index (κ3) is 6.19. The Labute approximate surface area is 134 Å². The van der Waals surface area contributed by atoms with Gasteiger partial charge in [0, 0.05) is 13.9 Å². The van der Waals surface area contributed by atoms with E-state index in [1.165, 1.54) is 0 Å². The van der Waals surface area contributed by atoms with Gasteiger partial charge >= 0.3 is 0 Å². The van der Waals surface area contributed by atoms with Gasteiger partial charge in [0.05, 0.1) is 6.21 Å². The molecule has 0 saturated carbocycles. The maximum Gasteiger partial charge on any atom is 0.120 e. The molecule has 21 heavy (non-hydrogen) atoms. The third-order valence-electron chi connectivity index (χ3n) is 3.61. The summed E-state index contributed by atoms with van der Waals surface area (Å²) < 4.78 is 8.00. The molecule has 1 rings (SSSR count). The van der Waals surface area contributed by atoms with Crippen molar-refractivity contribution in [2.24, 2.45) is 5.10 Å². The van der Waals surface area contributed by atoms with Crippen molar-refractivity contribution in [1.82, 2.24) is 4.78 Å². The van der Waals surface area contributed by atoms with E-state index in [4.69, 9.17) is 16.5 Å². The predicted molar refractivity (Wildman–Crippen MR) is 97.6 cm³/mol. The Morgan fingerprint density at radius 2 is 1.95 bits per heavy atom. The fourth-order valence-corrected chi connectivity index (χ4v) is 2.33. The molecule has 0 fully saturated rings. The summed E-state index contributed by atoms with van der Waals surface area (Å²) in [7, 11) is 1.92. The van der Waals surface area contributed by atoms with Crippen LogP contribution in [-0.4, -0.2) is 30.3 Å². The van der Waals surface area contributed by atoms with E-state index in [1.54, 1.807) is 0 Å². The normalized spacial score (nSPS) is 15.7. The van der Waals surface area contributed by atoms with Crippen molar-refractivity contribution in [3.63, 3.8) is 0 Å². The van der Waals surface area contributed by atoms with Crippen LogP contribution in [0.5, 0.6) is 5.75 Å². The number of rotatable bonds is 8. The molecule has 0 amide bonds. The second-order valence-corrected chi connectivity index (χ2v) is 8.97. The lowest BCUT2D eigenvalue weighted by Crippen LogP contribution is -2.31. The van der Waals surface area contributed by atoms with E-state index in [9.17, 15) is 0 Å². The van der Waals surface area contributed by atoms with Crippen molar-refractivity contribution in [3.05, 3.63) is 29.8 Å². The average Bonchev–Trinajstić information content (AvgIpc) is 2.46. The van der Waals surface area contributed by atoms with Crippen LogP contribution in [0.3, 0.4) is 0 Å². The van der Waals surface area contributed by atoms with Gasteiger partial charge in [0.15, 0.2) is 0 Å². The molecule has 1 aromatic rings. The van der Waals surface area contributed by atoms with Crippen LogP contribution in [0, 0.1) is 0 Å². The minimum Gasteiger partial charge on any atom is -0.488 e. The molecule has 0 N–H and O–H groups in total. The van der Waals surface area contributed by atoms with Crippen molar-refractivity contribution < 1.29 is 4.74 Å². The zero-order valence-electron chi connectivity index (χ0n) is 13.7. The Bertz CT molecular complexity index is 490. The molecule has 5 heteroatoms. The highest BCUT2D eigenvalue weighted by Crippen LogP contribution is 2.25. The van der Waals surface area contributed by atoms with Gasteiger partial charge in [-0.2, -0.15) is 5.10 Å². The van der Waals surface area contributed by atoms with Gasteiger partial charge in [-0.25, -0.2) is 0 Å². The molecular formula is C16H27N2OPS. The van der Waals surface area contributed by atoms with Crippen LogP contribution in [0.1, 0.15) is 45.6 Å². The Hall–Kier alpha value is -0.860. The first-order chi connectivity index (χ1) is 9.90. The number of hydrogen-bond acceptors (Lipinski definition) is 3. The van der Waals surface area contributed by atoms with Gasteiger partial charge in [0.2, 0.25) is 0 Å². The van der Waals surface area contributed by atoms with Crippen LogP contribution >= 0.6 is 6.85 Å². The zero-order valence-corrected chi connectivity index (χ0v) is 15.5. The molecule has 0 aliphatic heterocycles. The highest BCUT2D eigenvalue weighted by Gasteiger charge is 2.22. The van der Waals surface area contributed by atoms with E-state index in [1.807, 2.05) is 49.0 Å². The summed E-state index contributed by atoms with van der Waals surface area (Å²) in [6.07, 6.45) is 5.05. The van der Waals surface area contributed by atoms with Crippen molar-refractivity contribution in [2.45, 2.75) is 45.6 Å². The summed E-state index contributed by atoms with van der Waals surface area (Å²) in [4.78, 5) is 0. The number of benzene rings is 1. The summed E-state index contributed by atoms with van der Waals surface area (Å²) in [5.41, 5.74) is 0.980. The lowest BCUT2D eigenvalue weighted by Gasteiger charge is -2.29. The van der Waals surface area contributed by atoms with Crippen LogP contribution in [0.15, 0.2) is 29.4 Å². The number of nitrogens with zero attached hydrogens (tertiary/aromatic N) is 2. The maximum absolute atomic E-state index is 6.14. The van der Waals surface area contributed by atoms with Gasteiger partial charge in [-0.15, -0.1) is 0 Å². The molecular weight excluding hydrogens is 299 g/mol. The van der Waals surface area contributed by atoms with Crippen LogP contribution in [0.25, 0.3) is 0 Å². The van der Waals surface area contributed by atoms with E-state index in [0.29, 0.717) is 0 Å². The first-order valence-corrected chi connectivity index (χ1v) is 10.6. The molecule has 118 valence electrons. The average molecular weight is 326 g/mol. The largest absolute Gasteiger partial charge is 0.488 e. The minimum atomic E-state index is -0.929. The quantitative estimate of drug-likeness (QED) is 0.399. The first kappa shape index (κ1) is 18.2. The molecule has 0 aliphatic carbocycles. The molecule has 1 aromatic carbocycles. The Balaban J connectivity index is 2.72. The molecule has 0 saturated heterocycles. The van der Waals surface area contributed by atoms with Crippen LogP contribution in [0.4, 0.5) is 0 Å². The van der Waals surface area contributed by atoms with Crippen molar-refractivity contribution >= 4 is 24.9 Å². The molecule has 0 heterocycles. The molecule has 0 radical (unpaired) electrons. The fraction of sp³-hybridized carbons (Fsp3) is 0.562. The molecule has 0 aromatic heterocycles. The number of hydrogen-bond donors (Lipinski definition) is 0. The van der Waals surface area contributed by atoms with E-state index in [0.717, 1.165) is 30.6 Å². The topological polar surface area (TPSA) is 24.8 Å². The molecule has 2 unspecified atom stereocenters. The van der Waals surface area contributed by atoms with Gasteiger partial charge in [0.1, 0.15) is 11.4 Å². The lowest BCUT2D eigenvalue weighted by molar-refractivity contribution is 0.0741. The maximum atomic E-state index is 6.14. The molecule has 2 atom stereocenters. The molecule has 3 nitrogen and oxygen atoms in total. The Morgan fingerprint density at radius 1 is 1.33 bits per heavy atom.